The van der Waals surface area contributed by atoms with Crippen molar-refractivity contribution in [3.63, 3.8) is 0 Å². The molecule has 0 radical (unpaired) electrons. The molecule has 1 aromatic carbocycles. The Labute approximate surface area is 114 Å². The van der Waals surface area contributed by atoms with Crippen molar-refractivity contribution in [2.45, 2.75) is 6.18 Å². The molecule has 0 aliphatic heterocycles. The van der Waals surface area contributed by atoms with Gasteiger partial charge in [-0.25, -0.2) is 14.2 Å². The summed E-state index contributed by atoms with van der Waals surface area (Å²) in [5.74, 6) is -3.17. The summed E-state index contributed by atoms with van der Waals surface area (Å²) in [5.41, 5.74) is -1.90. The van der Waals surface area contributed by atoms with E-state index < -0.39 is 35.2 Å². The van der Waals surface area contributed by atoms with Crippen LogP contribution in [-0.2, 0) is 6.18 Å². The Morgan fingerprint density at radius 3 is 2.57 bits per heavy atom. The first-order valence-electron chi connectivity index (χ1n) is 5.38. The lowest BCUT2D eigenvalue weighted by molar-refractivity contribution is -0.140. The molecule has 0 spiro atoms. The quantitative estimate of drug-likeness (QED) is 0.882. The van der Waals surface area contributed by atoms with E-state index in [9.17, 15) is 22.4 Å². The second kappa shape index (κ2) is 5.35. The van der Waals surface area contributed by atoms with E-state index >= 15 is 0 Å². The highest BCUT2D eigenvalue weighted by atomic mass is 19.4. The molecule has 0 atom stereocenters. The Balaban J connectivity index is 2.32. The van der Waals surface area contributed by atoms with Crippen molar-refractivity contribution in [1.29, 1.82) is 0 Å². The second-order valence-corrected chi connectivity index (χ2v) is 3.77. The number of alkyl halides is 3. The Kier molecular flexibility index (Phi) is 3.74. The number of aromatic carboxylic acids is 1. The van der Waals surface area contributed by atoms with Gasteiger partial charge in [0.25, 0.3) is 0 Å². The van der Waals surface area contributed by atoms with Gasteiger partial charge in [-0.1, -0.05) is 0 Å². The molecule has 2 aromatic rings. The van der Waals surface area contributed by atoms with Crippen molar-refractivity contribution in [1.82, 2.24) is 9.97 Å². The van der Waals surface area contributed by atoms with E-state index in [4.69, 9.17) is 9.84 Å². The smallest absolute Gasteiger partial charge is 0.419 e. The third-order valence-corrected chi connectivity index (χ3v) is 2.30. The third-order valence-electron chi connectivity index (χ3n) is 2.30. The topological polar surface area (TPSA) is 72.3 Å². The lowest BCUT2D eigenvalue weighted by Crippen LogP contribution is -2.08. The largest absolute Gasteiger partial charge is 0.477 e. The summed E-state index contributed by atoms with van der Waals surface area (Å²) in [5, 5.41) is 8.72. The Bertz CT molecular complexity index is 688. The molecule has 0 amide bonds. The molecule has 9 heteroatoms. The molecule has 110 valence electrons. The van der Waals surface area contributed by atoms with Gasteiger partial charge in [-0.15, -0.1) is 0 Å². The summed E-state index contributed by atoms with van der Waals surface area (Å²) >= 11 is 0. The molecule has 0 saturated carbocycles. The molecule has 21 heavy (non-hydrogen) atoms. The predicted octanol–water partition coefficient (Wildman–Crippen LogP) is 3.13. The predicted molar refractivity (Wildman–Crippen MR) is 60.5 cm³/mol. The van der Waals surface area contributed by atoms with Crippen LogP contribution in [-0.4, -0.2) is 21.0 Å². The van der Waals surface area contributed by atoms with Gasteiger partial charge in [0.2, 0.25) is 0 Å². The van der Waals surface area contributed by atoms with Crippen LogP contribution in [0.5, 0.6) is 11.8 Å². The van der Waals surface area contributed by atoms with Crippen LogP contribution < -0.4 is 4.74 Å². The van der Waals surface area contributed by atoms with Gasteiger partial charge in [-0.05, 0) is 24.3 Å². The fraction of sp³-hybridized carbons (Fsp3) is 0.0833. The lowest BCUT2D eigenvalue weighted by atomic mass is 10.2. The Hall–Kier alpha value is -2.71. The fourth-order valence-electron chi connectivity index (χ4n) is 1.40. The molecule has 0 bridgehead atoms. The van der Waals surface area contributed by atoms with Gasteiger partial charge in [-0.3, -0.25) is 0 Å². The molecule has 2 rings (SSSR count). The monoisotopic (exact) mass is 302 g/mol. The van der Waals surface area contributed by atoms with E-state index in [2.05, 4.69) is 9.97 Å². The second-order valence-electron chi connectivity index (χ2n) is 3.77. The average molecular weight is 302 g/mol. The third kappa shape index (κ3) is 3.44. The molecule has 0 saturated heterocycles. The Morgan fingerprint density at radius 2 is 1.95 bits per heavy atom. The summed E-state index contributed by atoms with van der Waals surface area (Å²) < 4.78 is 55.6. The molecule has 5 nitrogen and oxygen atoms in total. The molecule has 0 aliphatic rings. The molecular weight excluding hydrogens is 296 g/mol. The van der Waals surface area contributed by atoms with E-state index in [0.717, 1.165) is 18.3 Å². The number of nitrogens with zero attached hydrogens (tertiary/aromatic N) is 2. The average Bonchev–Trinajstić information content (AvgIpc) is 2.40. The number of hydrogen-bond acceptors (Lipinski definition) is 4. The fourth-order valence-corrected chi connectivity index (χ4v) is 1.40. The first-order valence-corrected chi connectivity index (χ1v) is 5.38. The molecule has 0 fully saturated rings. The minimum atomic E-state index is -4.88. The van der Waals surface area contributed by atoms with Crippen LogP contribution in [0.2, 0.25) is 0 Å². The number of halogens is 4. The minimum absolute atomic E-state index is 0.369. The van der Waals surface area contributed by atoms with Crippen molar-refractivity contribution in [2.75, 3.05) is 0 Å². The van der Waals surface area contributed by atoms with Crippen LogP contribution >= 0.6 is 0 Å². The summed E-state index contributed by atoms with van der Waals surface area (Å²) in [6.07, 6.45) is -3.81. The maximum atomic E-state index is 13.1. The summed E-state index contributed by atoms with van der Waals surface area (Å²) in [6.45, 7) is 0. The number of ether oxygens (including phenoxy) is 1. The van der Waals surface area contributed by atoms with Crippen LogP contribution in [0.3, 0.4) is 0 Å². The highest BCUT2D eigenvalue weighted by molar-refractivity contribution is 5.85. The van der Waals surface area contributed by atoms with E-state index in [1.165, 1.54) is 0 Å². The van der Waals surface area contributed by atoms with Gasteiger partial charge >= 0.3 is 18.2 Å². The maximum Gasteiger partial charge on any atom is 0.419 e. The first kappa shape index (κ1) is 14.7. The minimum Gasteiger partial charge on any atom is -0.477 e. The van der Waals surface area contributed by atoms with Crippen molar-refractivity contribution in [3.8, 4) is 11.8 Å². The van der Waals surface area contributed by atoms with Gasteiger partial charge in [0.15, 0.2) is 5.69 Å². The van der Waals surface area contributed by atoms with Crippen LogP contribution in [0.1, 0.15) is 16.1 Å². The number of hydrogen-bond donors (Lipinski definition) is 1. The van der Waals surface area contributed by atoms with Crippen molar-refractivity contribution in [3.05, 3.63) is 47.5 Å². The van der Waals surface area contributed by atoms with Crippen LogP contribution in [0.15, 0.2) is 30.5 Å². The first-order chi connectivity index (χ1) is 9.77. The van der Waals surface area contributed by atoms with Crippen LogP contribution in [0.25, 0.3) is 0 Å². The number of benzene rings is 1. The molecule has 1 aromatic heterocycles. The van der Waals surface area contributed by atoms with Gasteiger partial charge in [0, 0.05) is 6.20 Å². The van der Waals surface area contributed by atoms with Gasteiger partial charge < -0.3 is 9.84 Å². The number of carboxylic acid groups (broad SMARTS) is 1. The molecular formula is C12H6F4N2O3. The molecule has 1 heterocycles. The number of rotatable bonds is 3. The molecule has 0 unspecified atom stereocenters. The van der Waals surface area contributed by atoms with Crippen LogP contribution in [0.4, 0.5) is 17.6 Å². The summed E-state index contributed by atoms with van der Waals surface area (Å²) in [6, 6.07) is 2.59. The zero-order valence-corrected chi connectivity index (χ0v) is 10.1. The van der Waals surface area contributed by atoms with Gasteiger partial charge in [0.1, 0.15) is 11.6 Å². The van der Waals surface area contributed by atoms with Gasteiger partial charge in [-0.2, -0.15) is 18.2 Å². The van der Waals surface area contributed by atoms with Gasteiger partial charge in [0.05, 0.1) is 5.56 Å². The van der Waals surface area contributed by atoms with E-state index in [-0.39, 0.29) is 5.75 Å². The standard InChI is InChI=1S/C12H6F4N2O3/c13-8-2-1-6(5-7(8)12(14,15)16)21-11-17-4-3-9(18-11)10(19)20/h1-5H,(H,19,20). The van der Waals surface area contributed by atoms with Crippen molar-refractivity contribution < 1.29 is 32.2 Å². The SMILES string of the molecule is O=C(O)c1ccnc(Oc2ccc(F)c(C(F)(F)F)c2)n1. The highest BCUT2D eigenvalue weighted by Gasteiger charge is 2.34. The zero-order chi connectivity index (χ0) is 15.6. The zero-order valence-electron chi connectivity index (χ0n) is 10.1. The van der Waals surface area contributed by atoms with E-state index in [0.29, 0.717) is 12.1 Å². The maximum absolute atomic E-state index is 13.1. The molecule has 1 N–H and O–H groups in total. The number of carbonyl (C=O) groups is 1. The van der Waals surface area contributed by atoms with Crippen LogP contribution in [0, 0.1) is 5.82 Å². The summed E-state index contributed by atoms with van der Waals surface area (Å²) in [7, 11) is 0. The highest BCUT2D eigenvalue weighted by Crippen LogP contribution is 2.34. The normalized spacial score (nSPS) is 11.2. The molecule has 0 aliphatic carbocycles. The van der Waals surface area contributed by atoms with Crippen molar-refractivity contribution in [2.24, 2.45) is 0 Å². The summed E-state index contributed by atoms with van der Waals surface area (Å²) in [4.78, 5) is 17.7. The van der Waals surface area contributed by atoms with E-state index in [1.54, 1.807) is 0 Å². The lowest BCUT2D eigenvalue weighted by Gasteiger charge is -2.10. The van der Waals surface area contributed by atoms with E-state index in [1.807, 2.05) is 0 Å². The number of aromatic nitrogens is 2. The number of carboxylic acids is 1. The Morgan fingerprint density at radius 1 is 1.24 bits per heavy atom. The van der Waals surface area contributed by atoms with Crippen molar-refractivity contribution >= 4 is 5.97 Å².